The number of hydrogen-bond acceptors (Lipinski definition) is 2. The van der Waals surface area contributed by atoms with Crippen molar-refractivity contribution in [3.8, 4) is 0 Å². The third kappa shape index (κ3) is 8.44. The zero-order valence-corrected chi connectivity index (χ0v) is 27.3. The van der Waals surface area contributed by atoms with Crippen molar-refractivity contribution < 1.29 is 4.74 Å². The van der Waals surface area contributed by atoms with Crippen LogP contribution in [0.15, 0.2) is 91.0 Å². The average Bonchev–Trinajstić information content (AvgIpc) is 2.98. The Morgan fingerprint density at radius 1 is 0.632 bits per heavy atom. The standard InChI is InChI=1S/C23H24NO.3C4H9.Sn/c1-19(25-2)18-24-23(20-12-6-3-7-13-20,21-14-8-4-9-15-21)22-16-10-5-11-17-22;3*1-3-4-2;/h3-17,19,24H,2,18H2,1H3;3*1,3-4H2,2H3;/t19-;;;;/m1..../s1. The van der Waals surface area contributed by atoms with Gasteiger partial charge in [-0.15, -0.1) is 0 Å². The summed E-state index contributed by atoms with van der Waals surface area (Å²) in [6, 6.07) is 32.7. The molecule has 0 aliphatic carbocycles. The molecule has 0 spiro atoms. The predicted molar refractivity (Wildman–Crippen MR) is 168 cm³/mol. The molecule has 1 N–H and O–H groups in total. The fourth-order valence-corrected chi connectivity index (χ4v) is 20.4. The summed E-state index contributed by atoms with van der Waals surface area (Å²) in [7, 11) is 0. The van der Waals surface area contributed by atoms with Crippen molar-refractivity contribution in [2.75, 3.05) is 11.2 Å². The second-order valence-electron chi connectivity index (χ2n) is 11.2. The van der Waals surface area contributed by atoms with Crippen molar-refractivity contribution in [1.82, 2.24) is 5.32 Å². The molecule has 3 aromatic rings. The molecule has 0 aromatic heterocycles. The zero-order valence-electron chi connectivity index (χ0n) is 24.4. The molecular weight excluding hydrogens is 569 g/mol. The van der Waals surface area contributed by atoms with Crippen LogP contribution in [0.4, 0.5) is 0 Å². The van der Waals surface area contributed by atoms with E-state index in [0.717, 1.165) is 11.2 Å². The molecule has 206 valence electrons. The molecule has 0 aliphatic rings. The van der Waals surface area contributed by atoms with Crippen LogP contribution in [0.1, 0.15) is 82.9 Å². The first-order valence-corrected chi connectivity index (χ1v) is 23.2. The maximum atomic E-state index is 6.83. The average molecular weight is 621 g/mol. The first-order chi connectivity index (χ1) is 18.6. The second kappa shape index (κ2) is 16.5. The Hall–Kier alpha value is -1.62. The molecule has 0 fully saturated rings. The molecule has 0 saturated carbocycles. The molecule has 38 heavy (non-hydrogen) atoms. The van der Waals surface area contributed by atoms with E-state index in [0.29, 0.717) is 0 Å². The van der Waals surface area contributed by atoms with Crippen LogP contribution in [0, 0.1) is 0 Å². The predicted octanol–water partition coefficient (Wildman–Crippen LogP) is 9.36. The van der Waals surface area contributed by atoms with Gasteiger partial charge in [0.1, 0.15) is 0 Å². The molecule has 2 nitrogen and oxygen atoms in total. The summed E-state index contributed by atoms with van der Waals surface area (Å²) < 4.78 is 12.4. The Morgan fingerprint density at radius 2 is 1.00 bits per heavy atom. The summed E-state index contributed by atoms with van der Waals surface area (Å²) in [6.07, 6.45) is 8.24. The van der Waals surface area contributed by atoms with Gasteiger partial charge in [0.25, 0.3) is 0 Å². The first-order valence-electron chi connectivity index (χ1n) is 15.1. The van der Waals surface area contributed by atoms with Gasteiger partial charge < -0.3 is 0 Å². The molecule has 3 aromatic carbocycles. The Labute approximate surface area is 237 Å². The quantitative estimate of drug-likeness (QED) is 0.113. The molecule has 0 heterocycles. The number of ether oxygens (including phenoxy) is 1. The molecule has 3 rings (SSSR count). The Bertz CT molecular complexity index is 889. The summed E-state index contributed by atoms with van der Waals surface area (Å²) in [5.74, 6) is 0. The van der Waals surface area contributed by atoms with Crippen LogP contribution in [-0.4, -0.2) is 35.6 Å². The van der Waals surface area contributed by atoms with Crippen molar-refractivity contribution in [3.63, 3.8) is 0 Å². The van der Waals surface area contributed by atoms with Crippen molar-refractivity contribution in [2.45, 2.75) is 91.2 Å². The summed E-state index contributed by atoms with van der Waals surface area (Å²) in [5, 5.41) is 4.05. The van der Waals surface area contributed by atoms with E-state index in [1.54, 1.807) is 0 Å². The fourth-order valence-electron chi connectivity index (χ4n) is 5.79. The van der Waals surface area contributed by atoms with Crippen LogP contribution in [0.2, 0.25) is 13.3 Å². The second-order valence-corrected chi connectivity index (χ2v) is 24.8. The molecule has 0 radical (unpaired) electrons. The van der Waals surface area contributed by atoms with Gasteiger partial charge in [0.15, 0.2) is 0 Å². The third-order valence-electron chi connectivity index (χ3n) is 8.13. The molecule has 0 bridgehead atoms. The summed E-state index contributed by atoms with van der Waals surface area (Å²) in [4.78, 5) is 0. The van der Waals surface area contributed by atoms with Crippen molar-refractivity contribution in [2.24, 2.45) is 0 Å². The van der Waals surface area contributed by atoms with Crippen molar-refractivity contribution in [3.05, 3.63) is 108 Å². The molecule has 0 unspecified atom stereocenters. The van der Waals surface area contributed by atoms with Gasteiger partial charge in [-0.1, -0.05) is 0 Å². The van der Waals surface area contributed by atoms with E-state index in [2.05, 4.69) is 124 Å². The van der Waals surface area contributed by atoms with E-state index in [1.165, 1.54) is 68.5 Å². The minimum atomic E-state index is -2.33. The van der Waals surface area contributed by atoms with E-state index >= 15 is 0 Å². The molecular formula is C35H51NOSn. The van der Waals surface area contributed by atoms with Gasteiger partial charge in [-0.25, -0.2) is 0 Å². The summed E-state index contributed by atoms with van der Waals surface area (Å²) in [6.45, 7) is 10.1. The number of unbranched alkanes of at least 4 members (excludes halogenated alkanes) is 3. The fraction of sp³-hybridized carbons (Fsp3) is 0.486. The molecule has 3 heteroatoms. The van der Waals surface area contributed by atoms with Gasteiger partial charge in [0.2, 0.25) is 0 Å². The Morgan fingerprint density at radius 3 is 1.34 bits per heavy atom. The van der Waals surface area contributed by atoms with Crippen molar-refractivity contribution >= 4 is 18.4 Å². The summed E-state index contributed by atoms with van der Waals surface area (Å²) in [5.41, 5.74) is 3.33. The SMILES string of the molecule is CCC[CH2][Sn]([CH2]CCC)([CH2]CCC)[CH2]O[C@H](C)CNC(c1ccccc1)(c1ccccc1)c1ccccc1. The maximum absolute atomic E-state index is 6.83. The van der Waals surface area contributed by atoms with Crippen LogP contribution < -0.4 is 5.32 Å². The normalized spacial score (nSPS) is 12.9. The number of benzene rings is 3. The van der Waals surface area contributed by atoms with E-state index < -0.39 is 23.9 Å². The van der Waals surface area contributed by atoms with Gasteiger partial charge >= 0.3 is 238 Å². The van der Waals surface area contributed by atoms with E-state index in [4.69, 9.17) is 4.74 Å². The molecule has 0 aliphatic heterocycles. The first kappa shape index (κ1) is 30.9. The van der Waals surface area contributed by atoms with Crippen LogP contribution >= 0.6 is 0 Å². The topological polar surface area (TPSA) is 21.3 Å². The van der Waals surface area contributed by atoms with E-state index in [-0.39, 0.29) is 6.10 Å². The van der Waals surface area contributed by atoms with Gasteiger partial charge in [-0.05, 0) is 0 Å². The van der Waals surface area contributed by atoms with Crippen LogP contribution in [0.3, 0.4) is 0 Å². The van der Waals surface area contributed by atoms with E-state index in [1.807, 2.05) is 0 Å². The Balaban J connectivity index is 1.86. The third-order valence-corrected chi connectivity index (χ3v) is 22.5. The Kier molecular flexibility index (Phi) is 13.4. The van der Waals surface area contributed by atoms with E-state index in [9.17, 15) is 0 Å². The van der Waals surface area contributed by atoms with Gasteiger partial charge in [0.05, 0.1) is 0 Å². The number of nitrogens with one attached hydrogen (secondary N) is 1. The number of rotatable bonds is 18. The van der Waals surface area contributed by atoms with Crippen LogP contribution in [-0.2, 0) is 10.3 Å². The van der Waals surface area contributed by atoms with Crippen LogP contribution in [0.5, 0.6) is 0 Å². The number of hydrogen-bond donors (Lipinski definition) is 1. The summed E-state index contributed by atoms with van der Waals surface area (Å²) >= 11 is -2.33. The van der Waals surface area contributed by atoms with Crippen molar-refractivity contribution in [1.29, 1.82) is 0 Å². The molecule has 1 atom stereocenters. The van der Waals surface area contributed by atoms with Gasteiger partial charge in [0, 0.05) is 0 Å². The van der Waals surface area contributed by atoms with Crippen LogP contribution in [0.25, 0.3) is 0 Å². The monoisotopic (exact) mass is 621 g/mol. The minimum absolute atomic E-state index is 0.159. The molecule has 0 amide bonds. The zero-order chi connectivity index (χ0) is 27.1. The van der Waals surface area contributed by atoms with Gasteiger partial charge in [-0.3, -0.25) is 0 Å². The molecule has 0 saturated heterocycles. The van der Waals surface area contributed by atoms with Gasteiger partial charge in [-0.2, -0.15) is 0 Å².